The third kappa shape index (κ3) is 8.99. The summed E-state index contributed by atoms with van der Waals surface area (Å²) < 4.78 is 24.6. The first-order valence-corrected chi connectivity index (χ1v) is 18.2. The van der Waals surface area contributed by atoms with Crippen LogP contribution in [0, 0.1) is 23.7 Å². The molecule has 0 amide bonds. The van der Waals surface area contributed by atoms with Gasteiger partial charge in [-0.25, -0.2) is 19.4 Å². The number of nitrogens with one attached hydrogen (secondary N) is 4. The van der Waals surface area contributed by atoms with Gasteiger partial charge in [0.1, 0.15) is 5.75 Å². The molecular weight excluding hydrogens is 702 g/mol. The molecule has 2 bridgehead atoms. The smallest absolute Gasteiger partial charge is 0.414 e. The van der Waals surface area contributed by atoms with Crippen LogP contribution >= 0.6 is 0 Å². The van der Waals surface area contributed by atoms with Gasteiger partial charge < -0.3 is 50.4 Å². The van der Waals surface area contributed by atoms with Crippen LogP contribution in [-0.2, 0) is 33.6 Å². The Morgan fingerprint density at radius 1 is 0.833 bits per heavy atom. The molecule has 0 unspecified atom stereocenters. The van der Waals surface area contributed by atoms with Crippen LogP contribution in [0.5, 0.6) is 5.75 Å². The maximum Gasteiger partial charge on any atom is 0.414 e. The molecule has 1 spiro atoms. The number of carboxylic acid groups (broad SMARTS) is 2. The summed E-state index contributed by atoms with van der Waals surface area (Å²) >= 11 is 0. The lowest BCUT2D eigenvalue weighted by Gasteiger charge is -2.60. The first-order chi connectivity index (χ1) is 26.0. The Morgan fingerprint density at radius 2 is 1.50 bits per heavy atom. The highest BCUT2D eigenvalue weighted by molar-refractivity contribution is 6.27. The number of nitrogens with zero attached hydrogens (tertiary/aromatic N) is 3. The number of carbonyl (C=O) groups is 2. The number of para-hydroxylation sites is 1. The van der Waals surface area contributed by atoms with Crippen molar-refractivity contribution in [1.29, 1.82) is 0 Å². The van der Waals surface area contributed by atoms with Crippen molar-refractivity contribution >= 4 is 41.2 Å². The van der Waals surface area contributed by atoms with E-state index in [1.807, 2.05) is 61.5 Å². The van der Waals surface area contributed by atoms with Crippen LogP contribution in [0.25, 0.3) is 0 Å². The van der Waals surface area contributed by atoms with Crippen LogP contribution in [0.15, 0.2) is 54.6 Å². The van der Waals surface area contributed by atoms with Gasteiger partial charge in [-0.15, -0.1) is 0 Å². The molecule has 5 aliphatic rings. The molecule has 5 heterocycles. The van der Waals surface area contributed by atoms with E-state index in [0.29, 0.717) is 55.9 Å². The molecule has 0 radical (unpaired) electrons. The van der Waals surface area contributed by atoms with Crippen LogP contribution in [-0.4, -0.2) is 94.4 Å². The summed E-state index contributed by atoms with van der Waals surface area (Å²) in [5.41, 5.74) is 1.13. The largest absolute Gasteiger partial charge is 0.497 e. The average Bonchev–Trinajstić information content (AvgIpc) is 3.39. The van der Waals surface area contributed by atoms with Gasteiger partial charge in [0.25, 0.3) is 0 Å². The molecule has 54 heavy (non-hydrogen) atoms. The zero-order chi connectivity index (χ0) is 38.3. The lowest BCUT2D eigenvalue weighted by atomic mass is 9.58. The van der Waals surface area contributed by atoms with Crippen molar-refractivity contribution in [3.05, 3.63) is 54.6 Å². The molecular formula is C37H49N7O10. The van der Waals surface area contributed by atoms with Crippen molar-refractivity contribution in [2.75, 3.05) is 49.3 Å². The summed E-state index contributed by atoms with van der Waals surface area (Å²) in [6, 6.07) is 17.4. The maximum absolute atomic E-state index is 9.10. The maximum atomic E-state index is 9.10. The lowest BCUT2D eigenvalue weighted by Crippen LogP contribution is -2.70. The highest BCUT2D eigenvalue weighted by Crippen LogP contribution is 2.60. The Labute approximate surface area is 313 Å². The van der Waals surface area contributed by atoms with E-state index in [0.717, 1.165) is 36.4 Å². The Hall–Kier alpha value is -4.65. The number of ether oxygens (including phenoxy) is 4. The zero-order valence-corrected chi connectivity index (χ0v) is 30.8. The fourth-order valence-corrected chi connectivity index (χ4v) is 7.72. The van der Waals surface area contributed by atoms with Gasteiger partial charge in [-0.1, -0.05) is 32.0 Å². The number of fused-ring (bicyclic) bond motifs is 2. The van der Waals surface area contributed by atoms with E-state index in [1.54, 1.807) is 7.11 Å². The monoisotopic (exact) mass is 751 g/mol. The molecule has 292 valence electrons. The van der Waals surface area contributed by atoms with Crippen molar-refractivity contribution in [3.63, 3.8) is 0 Å². The number of hydrogen-bond acceptors (Lipinski definition) is 15. The van der Waals surface area contributed by atoms with E-state index in [1.165, 1.54) is 6.42 Å². The van der Waals surface area contributed by atoms with Crippen molar-refractivity contribution in [2.45, 2.75) is 70.4 Å². The zero-order valence-electron chi connectivity index (χ0n) is 30.8. The Balaban J connectivity index is 0.000000767. The predicted molar refractivity (Wildman–Crippen MR) is 195 cm³/mol. The molecule has 3 aromatic rings. The second kappa shape index (κ2) is 17.2. The van der Waals surface area contributed by atoms with Crippen LogP contribution in [0.2, 0.25) is 0 Å². The first-order valence-electron chi connectivity index (χ1n) is 18.2. The number of anilines is 5. The number of aliphatic carboxylic acids is 2. The third-order valence-corrected chi connectivity index (χ3v) is 10.4. The fraction of sp³-hybridized carbons (Fsp3) is 0.541. The van der Waals surface area contributed by atoms with E-state index < -0.39 is 29.6 Å². The summed E-state index contributed by atoms with van der Waals surface area (Å²) in [5, 5.41) is 28.1. The Morgan fingerprint density at radius 3 is 2.17 bits per heavy atom. The van der Waals surface area contributed by atoms with Crippen LogP contribution in [0.1, 0.15) is 46.5 Å². The average molecular weight is 752 g/mol. The lowest BCUT2D eigenvalue weighted by molar-refractivity contribution is -0.577. The molecule has 17 heteroatoms. The molecule has 6 N–H and O–H groups in total. The van der Waals surface area contributed by atoms with E-state index >= 15 is 0 Å². The number of aromatic nitrogens is 3. The predicted octanol–water partition coefficient (Wildman–Crippen LogP) is 4.75. The normalized spacial score (nSPS) is 29.4. The highest BCUT2D eigenvalue weighted by Gasteiger charge is 2.69. The van der Waals surface area contributed by atoms with Crippen molar-refractivity contribution < 1.29 is 48.5 Å². The molecule has 1 saturated carbocycles. The summed E-state index contributed by atoms with van der Waals surface area (Å²) in [7, 11) is 1.64. The molecule has 17 nitrogen and oxygen atoms in total. The summed E-state index contributed by atoms with van der Waals surface area (Å²) in [5.74, 6) is -1.11. The number of methoxy groups -OCH3 is 1. The van der Waals surface area contributed by atoms with Gasteiger partial charge in [-0.05, 0) is 74.4 Å². The Bertz CT molecular complexity index is 1710. The molecule has 1 aromatic heterocycles. The molecule has 4 saturated heterocycles. The number of rotatable bonds is 13. The Kier molecular flexibility index (Phi) is 12.5. The molecule has 4 aliphatic heterocycles. The summed E-state index contributed by atoms with van der Waals surface area (Å²) in [6.07, 6.45) is 3.15. The summed E-state index contributed by atoms with van der Waals surface area (Å²) in [4.78, 5) is 44.1. The second-order valence-electron chi connectivity index (χ2n) is 14.1. The van der Waals surface area contributed by atoms with Gasteiger partial charge >= 0.3 is 11.9 Å². The van der Waals surface area contributed by atoms with Crippen molar-refractivity contribution in [2.24, 2.45) is 23.7 Å². The van der Waals surface area contributed by atoms with E-state index in [9.17, 15) is 0 Å². The topological polar surface area (TPSA) is 217 Å². The quantitative estimate of drug-likeness (QED) is 0.0789. The van der Waals surface area contributed by atoms with E-state index in [-0.39, 0.29) is 18.1 Å². The van der Waals surface area contributed by atoms with Gasteiger partial charge in [0.15, 0.2) is 18.2 Å². The van der Waals surface area contributed by atoms with Crippen LogP contribution < -0.4 is 26.0 Å². The van der Waals surface area contributed by atoms with Gasteiger partial charge in [0.05, 0.1) is 13.7 Å². The van der Waals surface area contributed by atoms with Crippen LogP contribution in [0.3, 0.4) is 0 Å². The van der Waals surface area contributed by atoms with Gasteiger partial charge in [-0.2, -0.15) is 15.0 Å². The second-order valence-corrected chi connectivity index (χ2v) is 14.1. The molecule has 1 aliphatic carbocycles. The molecule has 8 rings (SSSR count). The van der Waals surface area contributed by atoms with Crippen LogP contribution in [0.4, 0.5) is 29.2 Å². The molecule has 8 atom stereocenters. The standard InChI is InChI=1S/C35H47N7O6.C2H2O4/c1-22-10-15-28-23(2)29(45-30-35(28)27(22)16-17-34(3,46-30)47-48-35)44-21-20-36-18-19-37-31-40-32(38-24-8-6-5-7-9-24)42-33(41-31)39-25-11-13-26(43-4)14-12-25;3-1(4)2(5)6/h5-9,11-14,22-23,27-30,36H,10,15-21H2,1-4H3,(H3,37,38,39,40,41,42);(H,3,4)(H,5,6)/t22-,23-,27+,28+,29+,30-,34-,35-;/m1./s1. The summed E-state index contributed by atoms with van der Waals surface area (Å²) in [6.45, 7) is 8.92. The van der Waals surface area contributed by atoms with Gasteiger partial charge in [0.2, 0.25) is 23.6 Å². The minimum Gasteiger partial charge on any atom is -0.497 e. The number of benzene rings is 2. The number of hydrogen-bond donors (Lipinski definition) is 6. The minimum atomic E-state index is -1.82. The number of carboxylic acids is 2. The molecule has 5 fully saturated rings. The van der Waals surface area contributed by atoms with Crippen molar-refractivity contribution in [1.82, 2.24) is 20.3 Å². The minimum absolute atomic E-state index is 0.149. The third-order valence-electron chi connectivity index (χ3n) is 10.4. The van der Waals surface area contributed by atoms with Gasteiger partial charge in [0, 0.05) is 49.3 Å². The fourth-order valence-electron chi connectivity index (χ4n) is 7.72. The van der Waals surface area contributed by atoms with E-state index in [4.69, 9.17) is 48.5 Å². The van der Waals surface area contributed by atoms with Gasteiger partial charge in [-0.3, -0.25) is 0 Å². The highest BCUT2D eigenvalue weighted by atomic mass is 17.3. The first kappa shape index (κ1) is 39.1. The van der Waals surface area contributed by atoms with Crippen molar-refractivity contribution in [3.8, 4) is 5.75 Å². The SMILES string of the molecule is COc1ccc(Nc2nc(NCCNCCO[C@H]3O[C@@H]4O[C@@]5(C)CC[C@H]6[C@H](C)CC[C@@H]([C@H]3C)[C@@]46OO5)nc(Nc3ccccc3)n2)cc1.O=C(O)C(=O)O. The molecule has 2 aromatic carbocycles. The van der Waals surface area contributed by atoms with E-state index in [2.05, 4.69) is 50.1 Å².